The van der Waals surface area contributed by atoms with Crippen LogP contribution in [0.3, 0.4) is 0 Å². The molecule has 3 aromatic carbocycles. The number of ether oxygens (including phenoxy) is 1. The minimum atomic E-state index is -0.738. The molecule has 1 aliphatic carbocycles. The number of benzene rings is 3. The fourth-order valence-corrected chi connectivity index (χ4v) is 4.80. The van der Waals surface area contributed by atoms with Crippen LogP contribution >= 0.6 is 0 Å². The normalized spacial score (nSPS) is 14.3. The molecule has 2 amide bonds. The topological polar surface area (TPSA) is 58.6 Å². The summed E-state index contributed by atoms with van der Waals surface area (Å²) < 4.78 is 19.8. The van der Waals surface area contributed by atoms with Crippen molar-refractivity contribution in [2.24, 2.45) is 0 Å². The molecule has 1 N–H and O–H groups in total. The highest BCUT2D eigenvalue weighted by molar-refractivity contribution is 5.89. The Morgan fingerprint density at radius 1 is 0.972 bits per heavy atom. The molecule has 5 nitrogen and oxygen atoms in total. The summed E-state index contributed by atoms with van der Waals surface area (Å²) in [6.07, 6.45) is 4.32. The summed E-state index contributed by atoms with van der Waals surface area (Å²) in [7, 11) is 1.59. The number of rotatable bonds is 10. The van der Waals surface area contributed by atoms with E-state index in [1.807, 2.05) is 54.6 Å². The lowest BCUT2D eigenvalue weighted by Gasteiger charge is -2.32. The first-order valence-electron chi connectivity index (χ1n) is 12.5. The standard InChI is InChI=1S/C30H33FN2O3/c1-36-26-16-9-12-23(18-26)21-33(29(34)20-24-13-5-8-17-27(24)31)28(19-22-10-3-2-4-11-22)30(35)32-25-14-6-7-15-25/h2-5,8-13,16-18,25,28H,6-7,14-15,19-21H2,1H3,(H,32,35)/t28-/m1/s1. The first kappa shape index (κ1) is 25.4. The van der Waals surface area contributed by atoms with Gasteiger partial charge in [-0.2, -0.15) is 0 Å². The van der Waals surface area contributed by atoms with Gasteiger partial charge in [0.2, 0.25) is 11.8 Å². The van der Waals surface area contributed by atoms with Crippen molar-refractivity contribution in [3.8, 4) is 5.75 Å². The molecule has 0 spiro atoms. The van der Waals surface area contributed by atoms with Gasteiger partial charge in [0.15, 0.2) is 0 Å². The second kappa shape index (κ2) is 12.3. The molecule has 1 fully saturated rings. The van der Waals surface area contributed by atoms with Gasteiger partial charge >= 0.3 is 0 Å². The summed E-state index contributed by atoms with van der Waals surface area (Å²) in [5, 5.41) is 3.19. The van der Waals surface area contributed by atoms with Crippen LogP contribution in [0, 0.1) is 5.82 Å². The zero-order valence-electron chi connectivity index (χ0n) is 20.7. The lowest BCUT2D eigenvalue weighted by atomic mass is 10.0. The number of hydrogen-bond acceptors (Lipinski definition) is 3. The van der Waals surface area contributed by atoms with Gasteiger partial charge in [-0.3, -0.25) is 9.59 Å². The number of nitrogens with one attached hydrogen (secondary N) is 1. The quantitative estimate of drug-likeness (QED) is 0.433. The van der Waals surface area contributed by atoms with Crippen LogP contribution in [0.5, 0.6) is 5.75 Å². The predicted molar refractivity (Wildman–Crippen MR) is 138 cm³/mol. The number of carbonyl (C=O) groups excluding carboxylic acids is 2. The Morgan fingerprint density at radius 2 is 1.67 bits per heavy atom. The monoisotopic (exact) mass is 488 g/mol. The van der Waals surface area contributed by atoms with Crippen LogP contribution in [0.15, 0.2) is 78.9 Å². The smallest absolute Gasteiger partial charge is 0.243 e. The molecule has 0 aliphatic heterocycles. The van der Waals surface area contributed by atoms with E-state index < -0.39 is 11.9 Å². The van der Waals surface area contributed by atoms with Gasteiger partial charge in [0.25, 0.3) is 0 Å². The van der Waals surface area contributed by atoms with Gasteiger partial charge in [-0.05, 0) is 47.7 Å². The van der Waals surface area contributed by atoms with Crippen LogP contribution in [0.1, 0.15) is 42.4 Å². The molecule has 0 aromatic heterocycles. The maximum Gasteiger partial charge on any atom is 0.243 e. The Hall–Kier alpha value is -3.67. The number of carbonyl (C=O) groups is 2. The molecule has 188 valence electrons. The molecular weight excluding hydrogens is 455 g/mol. The third-order valence-electron chi connectivity index (χ3n) is 6.76. The molecular formula is C30H33FN2O3. The highest BCUT2D eigenvalue weighted by Gasteiger charge is 2.32. The minimum absolute atomic E-state index is 0.121. The molecule has 1 saturated carbocycles. The molecule has 0 radical (unpaired) electrons. The highest BCUT2D eigenvalue weighted by Crippen LogP contribution is 2.22. The predicted octanol–water partition coefficient (Wildman–Crippen LogP) is 5.08. The van der Waals surface area contributed by atoms with Crippen LogP contribution < -0.4 is 10.1 Å². The van der Waals surface area contributed by atoms with E-state index >= 15 is 0 Å². The molecule has 0 saturated heterocycles. The van der Waals surface area contributed by atoms with Crippen molar-refractivity contribution in [1.29, 1.82) is 0 Å². The average Bonchev–Trinajstić information content (AvgIpc) is 3.41. The van der Waals surface area contributed by atoms with Gasteiger partial charge < -0.3 is 15.0 Å². The summed E-state index contributed by atoms with van der Waals surface area (Å²) in [6, 6.07) is 22.8. The summed E-state index contributed by atoms with van der Waals surface area (Å²) in [6.45, 7) is 0.208. The van der Waals surface area contributed by atoms with Crippen LogP contribution in [-0.4, -0.2) is 35.9 Å². The van der Waals surface area contributed by atoms with Crippen LogP contribution in [0.25, 0.3) is 0 Å². The first-order chi connectivity index (χ1) is 17.5. The molecule has 1 atom stereocenters. The summed E-state index contributed by atoms with van der Waals surface area (Å²) in [5.74, 6) is -0.229. The summed E-state index contributed by atoms with van der Waals surface area (Å²) in [4.78, 5) is 29.0. The summed E-state index contributed by atoms with van der Waals surface area (Å²) in [5.41, 5.74) is 2.11. The second-order valence-electron chi connectivity index (χ2n) is 9.34. The Morgan fingerprint density at radius 3 is 2.39 bits per heavy atom. The maximum absolute atomic E-state index is 14.4. The van der Waals surface area contributed by atoms with E-state index in [1.165, 1.54) is 6.07 Å². The Labute approximate surface area is 212 Å². The third kappa shape index (κ3) is 6.72. The third-order valence-corrected chi connectivity index (χ3v) is 6.76. The molecule has 0 bridgehead atoms. The molecule has 4 rings (SSSR count). The van der Waals surface area contributed by atoms with Crippen molar-refractivity contribution in [1.82, 2.24) is 10.2 Å². The van der Waals surface area contributed by atoms with Gasteiger partial charge in [0, 0.05) is 19.0 Å². The fourth-order valence-electron chi connectivity index (χ4n) is 4.80. The number of nitrogens with zero attached hydrogens (tertiary/aromatic N) is 1. The number of amides is 2. The molecule has 0 unspecified atom stereocenters. The van der Waals surface area contributed by atoms with E-state index in [-0.39, 0.29) is 30.8 Å². The average molecular weight is 489 g/mol. The number of methoxy groups -OCH3 is 1. The van der Waals surface area contributed by atoms with Crippen molar-refractivity contribution in [2.75, 3.05) is 7.11 Å². The Balaban J connectivity index is 1.67. The van der Waals surface area contributed by atoms with E-state index in [2.05, 4.69) is 5.32 Å². The highest BCUT2D eigenvalue weighted by atomic mass is 19.1. The zero-order chi connectivity index (χ0) is 25.3. The Kier molecular flexibility index (Phi) is 8.71. The van der Waals surface area contributed by atoms with Crippen molar-refractivity contribution < 1.29 is 18.7 Å². The van der Waals surface area contributed by atoms with Crippen LogP contribution in [0.2, 0.25) is 0 Å². The Bertz CT molecular complexity index is 1160. The number of halogens is 1. The van der Waals surface area contributed by atoms with Crippen LogP contribution in [0.4, 0.5) is 4.39 Å². The lowest BCUT2D eigenvalue weighted by Crippen LogP contribution is -2.52. The largest absolute Gasteiger partial charge is 0.497 e. The van der Waals surface area contributed by atoms with Gasteiger partial charge in [-0.25, -0.2) is 4.39 Å². The van der Waals surface area contributed by atoms with Gasteiger partial charge in [-0.15, -0.1) is 0 Å². The molecule has 3 aromatic rings. The van der Waals surface area contributed by atoms with E-state index in [4.69, 9.17) is 4.74 Å². The first-order valence-corrected chi connectivity index (χ1v) is 12.5. The van der Waals surface area contributed by atoms with E-state index in [0.29, 0.717) is 17.7 Å². The van der Waals surface area contributed by atoms with Gasteiger partial charge in [0.05, 0.1) is 13.5 Å². The lowest BCUT2D eigenvalue weighted by molar-refractivity contribution is -0.141. The van der Waals surface area contributed by atoms with E-state index in [9.17, 15) is 14.0 Å². The van der Waals surface area contributed by atoms with Gasteiger partial charge in [-0.1, -0.05) is 73.5 Å². The molecule has 36 heavy (non-hydrogen) atoms. The SMILES string of the molecule is COc1cccc(CN(C(=O)Cc2ccccc2F)[C@H](Cc2ccccc2)C(=O)NC2CCCC2)c1. The van der Waals surface area contributed by atoms with Crippen molar-refractivity contribution >= 4 is 11.8 Å². The fraction of sp³-hybridized carbons (Fsp3) is 0.333. The van der Waals surface area contributed by atoms with Crippen molar-refractivity contribution in [3.05, 3.63) is 101 Å². The van der Waals surface area contributed by atoms with Crippen molar-refractivity contribution in [2.45, 2.75) is 57.2 Å². The molecule has 6 heteroatoms. The minimum Gasteiger partial charge on any atom is -0.497 e. The molecule has 1 aliphatic rings. The van der Waals surface area contributed by atoms with E-state index in [1.54, 1.807) is 30.2 Å². The second-order valence-corrected chi connectivity index (χ2v) is 9.34. The van der Waals surface area contributed by atoms with E-state index in [0.717, 1.165) is 36.8 Å². The zero-order valence-corrected chi connectivity index (χ0v) is 20.7. The maximum atomic E-state index is 14.4. The van der Waals surface area contributed by atoms with Crippen molar-refractivity contribution in [3.63, 3.8) is 0 Å². The van der Waals surface area contributed by atoms with Gasteiger partial charge in [0.1, 0.15) is 17.6 Å². The number of hydrogen-bond donors (Lipinski definition) is 1. The van der Waals surface area contributed by atoms with Crippen LogP contribution in [-0.2, 0) is 29.0 Å². The molecule has 0 heterocycles. The summed E-state index contributed by atoms with van der Waals surface area (Å²) >= 11 is 0.